The maximum atomic E-state index is 11.4. The van der Waals surface area contributed by atoms with Crippen LogP contribution in [0.1, 0.15) is 33.6 Å². The third-order valence-corrected chi connectivity index (χ3v) is 4.38. The minimum atomic E-state index is -0.897. The van der Waals surface area contributed by atoms with E-state index in [0.717, 1.165) is 0 Å². The first-order valence-electron chi connectivity index (χ1n) is 6.83. The Morgan fingerprint density at radius 3 is 2.48 bits per heavy atom. The number of hydrogen-bond acceptors (Lipinski definition) is 2. The summed E-state index contributed by atoms with van der Waals surface area (Å²) >= 11 is 12.0. The molecule has 0 saturated heterocycles. The van der Waals surface area contributed by atoms with Crippen LogP contribution in [0.4, 0.5) is 4.79 Å². The van der Waals surface area contributed by atoms with Gasteiger partial charge in [0.1, 0.15) is 16.9 Å². The van der Waals surface area contributed by atoms with Crippen molar-refractivity contribution in [3.8, 4) is 5.75 Å². The van der Waals surface area contributed by atoms with Gasteiger partial charge in [-0.25, -0.2) is 4.79 Å². The van der Waals surface area contributed by atoms with E-state index in [4.69, 9.17) is 27.9 Å². The lowest BCUT2D eigenvalue weighted by Crippen LogP contribution is -2.58. The highest BCUT2D eigenvalue weighted by atomic mass is 35.5. The number of benzene rings is 1. The van der Waals surface area contributed by atoms with Crippen LogP contribution in [0.5, 0.6) is 5.75 Å². The fourth-order valence-corrected chi connectivity index (χ4v) is 2.93. The predicted molar refractivity (Wildman–Crippen MR) is 83.5 cm³/mol. The zero-order chi connectivity index (χ0) is 15.8. The summed E-state index contributed by atoms with van der Waals surface area (Å²) < 4.78 is 5.80. The van der Waals surface area contributed by atoms with E-state index in [1.54, 1.807) is 18.2 Å². The van der Waals surface area contributed by atoms with Gasteiger partial charge in [-0.15, -0.1) is 0 Å². The first-order chi connectivity index (χ1) is 9.70. The van der Waals surface area contributed by atoms with Crippen molar-refractivity contribution >= 4 is 29.3 Å². The zero-order valence-corrected chi connectivity index (χ0v) is 13.8. The Labute approximate surface area is 134 Å². The number of halogens is 2. The lowest BCUT2D eigenvalue weighted by Gasteiger charge is -2.47. The molecule has 0 atom stereocenters. The summed E-state index contributed by atoms with van der Waals surface area (Å²) in [5.41, 5.74) is -0.421. The smallest absolute Gasteiger partial charge is 0.407 e. The molecule has 1 fully saturated rings. The minimum absolute atomic E-state index is 0.0227. The third-order valence-electron chi connectivity index (χ3n) is 3.57. The van der Waals surface area contributed by atoms with Crippen molar-refractivity contribution < 1.29 is 14.6 Å². The summed E-state index contributed by atoms with van der Waals surface area (Å²) in [6, 6.07) is 5.22. The molecule has 116 valence electrons. The van der Waals surface area contributed by atoms with E-state index in [1.165, 1.54) is 4.90 Å². The molecule has 2 rings (SSSR count). The monoisotopic (exact) mass is 331 g/mol. The Bertz CT molecular complexity index is 536. The van der Waals surface area contributed by atoms with Crippen molar-refractivity contribution in [2.75, 3.05) is 0 Å². The molecule has 1 N–H and O–H groups in total. The van der Waals surface area contributed by atoms with E-state index in [9.17, 15) is 9.90 Å². The van der Waals surface area contributed by atoms with Crippen molar-refractivity contribution in [3.63, 3.8) is 0 Å². The van der Waals surface area contributed by atoms with Gasteiger partial charge in [0.2, 0.25) is 0 Å². The third kappa shape index (κ3) is 3.55. The van der Waals surface area contributed by atoms with E-state index in [0.29, 0.717) is 28.6 Å². The largest absolute Gasteiger partial charge is 0.489 e. The van der Waals surface area contributed by atoms with Gasteiger partial charge in [-0.2, -0.15) is 0 Å². The molecule has 0 heterocycles. The highest BCUT2D eigenvalue weighted by molar-refractivity contribution is 6.42. The van der Waals surface area contributed by atoms with Crippen molar-refractivity contribution in [2.24, 2.45) is 0 Å². The average Bonchev–Trinajstić information content (AvgIpc) is 2.29. The second-order valence-electron chi connectivity index (χ2n) is 6.24. The molecule has 0 radical (unpaired) electrons. The van der Waals surface area contributed by atoms with Crippen LogP contribution >= 0.6 is 23.2 Å². The number of hydrogen-bond donors (Lipinski definition) is 1. The van der Waals surface area contributed by atoms with Crippen LogP contribution < -0.4 is 4.74 Å². The van der Waals surface area contributed by atoms with Gasteiger partial charge in [-0.3, -0.25) is 0 Å². The first kappa shape index (κ1) is 16.2. The normalized spacial score (nSPS) is 21.6. The molecule has 1 aromatic carbocycles. The summed E-state index contributed by atoms with van der Waals surface area (Å²) in [6.45, 7) is 5.68. The van der Waals surface area contributed by atoms with E-state index in [-0.39, 0.29) is 12.1 Å². The highest BCUT2D eigenvalue weighted by Crippen LogP contribution is 2.37. The lowest BCUT2D eigenvalue weighted by atomic mass is 9.85. The Hall–Kier alpha value is -1.13. The van der Waals surface area contributed by atoms with Crippen LogP contribution in [0.25, 0.3) is 0 Å². The van der Waals surface area contributed by atoms with E-state index in [2.05, 4.69) is 0 Å². The highest BCUT2D eigenvalue weighted by Gasteiger charge is 2.42. The predicted octanol–water partition coefficient (Wildman–Crippen LogP) is 4.68. The van der Waals surface area contributed by atoms with Gasteiger partial charge in [0.25, 0.3) is 0 Å². The van der Waals surface area contributed by atoms with Crippen LogP contribution in [0.15, 0.2) is 18.2 Å². The number of amides is 1. The lowest BCUT2D eigenvalue weighted by molar-refractivity contribution is -0.0134. The van der Waals surface area contributed by atoms with Gasteiger partial charge < -0.3 is 14.7 Å². The molecule has 1 aliphatic rings. The van der Waals surface area contributed by atoms with Crippen molar-refractivity contribution in [1.82, 2.24) is 4.90 Å². The summed E-state index contributed by atoms with van der Waals surface area (Å²) in [7, 11) is 0. The quantitative estimate of drug-likeness (QED) is 0.874. The second-order valence-corrected chi connectivity index (χ2v) is 7.03. The van der Waals surface area contributed by atoms with Crippen LogP contribution in [0, 0.1) is 0 Å². The average molecular weight is 332 g/mol. The maximum Gasteiger partial charge on any atom is 0.407 e. The molecule has 0 bridgehead atoms. The molecule has 0 unspecified atom stereocenters. The van der Waals surface area contributed by atoms with Gasteiger partial charge in [0, 0.05) is 24.4 Å². The Balaban J connectivity index is 1.98. The molecule has 1 amide bonds. The number of ether oxygens (including phenoxy) is 1. The molecule has 1 aliphatic carbocycles. The second kappa shape index (κ2) is 5.93. The van der Waals surface area contributed by atoms with Crippen molar-refractivity contribution in [3.05, 3.63) is 28.2 Å². The first-order valence-corrected chi connectivity index (χ1v) is 7.58. The van der Waals surface area contributed by atoms with E-state index in [1.807, 2.05) is 20.8 Å². The number of nitrogens with zero attached hydrogens (tertiary/aromatic N) is 1. The van der Waals surface area contributed by atoms with Crippen LogP contribution in [-0.4, -0.2) is 33.8 Å². The van der Waals surface area contributed by atoms with Gasteiger partial charge in [0.05, 0.1) is 5.02 Å². The topological polar surface area (TPSA) is 49.8 Å². The molecular formula is C15H19Cl2NO3. The number of carboxylic acid groups (broad SMARTS) is 1. The summed E-state index contributed by atoms with van der Waals surface area (Å²) in [5.74, 6) is 0.547. The molecular weight excluding hydrogens is 313 g/mol. The number of rotatable bonds is 3. The molecule has 4 nitrogen and oxygen atoms in total. The molecule has 0 spiro atoms. The van der Waals surface area contributed by atoms with Crippen LogP contribution in [-0.2, 0) is 0 Å². The number of carbonyl (C=O) groups is 1. The van der Waals surface area contributed by atoms with Gasteiger partial charge >= 0.3 is 6.09 Å². The van der Waals surface area contributed by atoms with E-state index >= 15 is 0 Å². The summed E-state index contributed by atoms with van der Waals surface area (Å²) in [5, 5.41) is 10.2. The van der Waals surface area contributed by atoms with Crippen LogP contribution in [0.2, 0.25) is 10.0 Å². The Morgan fingerprint density at radius 1 is 1.33 bits per heavy atom. The fraction of sp³-hybridized carbons (Fsp3) is 0.533. The molecule has 21 heavy (non-hydrogen) atoms. The van der Waals surface area contributed by atoms with Gasteiger partial charge in [0.15, 0.2) is 0 Å². The van der Waals surface area contributed by atoms with E-state index < -0.39 is 11.6 Å². The van der Waals surface area contributed by atoms with Crippen molar-refractivity contribution in [2.45, 2.75) is 51.3 Å². The molecule has 0 aromatic heterocycles. The standard InChI is InChI=1S/C15H19Cl2NO3/c1-15(2,3)18(14(19)20)9-7-10(8-9)21-12-6-4-5-11(16)13(12)17/h4-6,9-10H,7-8H2,1-3H3,(H,19,20)/t9-,10-. The van der Waals surface area contributed by atoms with Crippen LogP contribution in [0.3, 0.4) is 0 Å². The summed E-state index contributed by atoms with van der Waals surface area (Å²) in [4.78, 5) is 12.9. The van der Waals surface area contributed by atoms with Crippen molar-refractivity contribution in [1.29, 1.82) is 0 Å². The Kier molecular flexibility index (Phi) is 4.59. The SMILES string of the molecule is CC(C)(C)N(C(=O)O)[C@H]1C[C@H](Oc2cccc(Cl)c2Cl)C1. The van der Waals surface area contributed by atoms with Gasteiger partial charge in [-0.05, 0) is 32.9 Å². The maximum absolute atomic E-state index is 11.4. The molecule has 1 saturated carbocycles. The molecule has 6 heteroatoms. The van der Waals surface area contributed by atoms with Gasteiger partial charge in [-0.1, -0.05) is 29.3 Å². The molecule has 0 aliphatic heterocycles. The Morgan fingerprint density at radius 2 is 1.95 bits per heavy atom. The molecule has 1 aromatic rings. The minimum Gasteiger partial charge on any atom is -0.489 e. The fourth-order valence-electron chi connectivity index (χ4n) is 2.59. The zero-order valence-electron chi connectivity index (χ0n) is 12.3. The summed E-state index contributed by atoms with van der Waals surface area (Å²) in [6.07, 6.45) is 0.389.